The summed E-state index contributed by atoms with van der Waals surface area (Å²) >= 11 is 1.14. The van der Waals surface area contributed by atoms with E-state index in [9.17, 15) is 0 Å². The smallest absolute Gasteiger partial charge is 0.380 e. The van der Waals surface area contributed by atoms with Crippen molar-refractivity contribution in [1.29, 1.82) is 0 Å². The van der Waals surface area contributed by atoms with Gasteiger partial charge < -0.3 is 4.42 Å². The van der Waals surface area contributed by atoms with Crippen molar-refractivity contribution in [2.75, 3.05) is 0 Å². The Morgan fingerprint density at radius 3 is 1.95 bits per heavy atom. The van der Waals surface area contributed by atoms with Crippen LogP contribution < -0.4 is 0 Å². The number of allylic oxidation sites excluding steroid dienone is 2. The summed E-state index contributed by atoms with van der Waals surface area (Å²) in [7, 11) is 0. The van der Waals surface area contributed by atoms with Gasteiger partial charge in [-0.2, -0.15) is 26.3 Å². The Hall–Kier alpha value is -3.00. The van der Waals surface area contributed by atoms with Gasteiger partial charge in [0, 0.05) is 37.8 Å². The molecule has 0 spiro atoms. The number of furan rings is 1. The van der Waals surface area contributed by atoms with Gasteiger partial charge in [-0.25, -0.2) is 0 Å². The Kier molecular flexibility index (Phi) is 5.90. The predicted octanol–water partition coefficient (Wildman–Crippen LogP) is 10.2. The molecule has 0 atom stereocenters. The number of halogens is 6. The van der Waals surface area contributed by atoms with E-state index in [-0.39, 0.29) is 33.8 Å². The lowest BCUT2D eigenvalue weighted by molar-refractivity contribution is -0.254. The number of rotatable bonds is 5. The van der Waals surface area contributed by atoms with Crippen LogP contribution in [0.4, 0.5) is 26.3 Å². The number of para-hydroxylation sites is 1. The average Bonchev–Trinajstić information content (AvgIpc) is 3.47. The largest absolute Gasteiger partial charge is 0.460 e. The molecule has 1 nitrogen and oxygen atoms in total. The lowest BCUT2D eigenvalue weighted by Gasteiger charge is -2.26. The molecule has 8 heteroatoms. The van der Waals surface area contributed by atoms with Crippen molar-refractivity contribution < 1.29 is 30.8 Å². The van der Waals surface area contributed by atoms with Crippen molar-refractivity contribution in [1.82, 2.24) is 0 Å². The molecule has 0 bridgehead atoms. The van der Waals surface area contributed by atoms with Crippen molar-refractivity contribution in [3.05, 3.63) is 82.4 Å². The maximum atomic E-state index is 15.7. The molecular formula is C29H24F6OS. The first kappa shape index (κ1) is 25.6. The molecule has 194 valence electrons. The van der Waals surface area contributed by atoms with Crippen molar-refractivity contribution in [2.45, 2.75) is 57.3 Å². The standard InChI is InChI=1S/C29H24F6OS/c1-15(2)25-22(18-12-8-9-13-20(18)36-25)24-23(27(30,31)29(34,35)28(24,32)33)19-14-21(37-26(19)16(3)4)17-10-6-5-7-11-17/h5-16H,1-4H3. The fraction of sp³-hybridized carbons (Fsp3) is 0.310. The molecule has 2 aromatic heterocycles. The third-order valence-corrected chi connectivity index (χ3v) is 8.16. The fourth-order valence-electron chi connectivity index (χ4n) is 4.91. The Morgan fingerprint density at radius 1 is 0.730 bits per heavy atom. The van der Waals surface area contributed by atoms with Crippen LogP contribution >= 0.6 is 11.3 Å². The molecule has 0 saturated heterocycles. The quantitative estimate of drug-likeness (QED) is 0.232. The zero-order valence-electron chi connectivity index (χ0n) is 20.5. The van der Waals surface area contributed by atoms with Gasteiger partial charge in [0.25, 0.3) is 0 Å². The van der Waals surface area contributed by atoms with Gasteiger partial charge >= 0.3 is 17.8 Å². The summed E-state index contributed by atoms with van der Waals surface area (Å²) in [5.74, 6) is -16.9. The van der Waals surface area contributed by atoms with Crippen LogP contribution in [0.25, 0.3) is 32.6 Å². The highest BCUT2D eigenvalue weighted by molar-refractivity contribution is 7.15. The van der Waals surface area contributed by atoms with Crippen molar-refractivity contribution in [3.8, 4) is 10.4 Å². The second-order valence-electron chi connectivity index (χ2n) is 9.87. The van der Waals surface area contributed by atoms with Crippen LogP contribution in [-0.2, 0) is 0 Å². The van der Waals surface area contributed by atoms with Gasteiger partial charge in [-0.1, -0.05) is 76.2 Å². The summed E-state index contributed by atoms with van der Waals surface area (Å²) < 4.78 is 98.7. The molecule has 0 amide bonds. The maximum Gasteiger partial charge on any atom is 0.380 e. The normalized spacial score (nSPS) is 18.5. The molecule has 1 aliphatic rings. The molecule has 4 aromatic rings. The highest BCUT2D eigenvalue weighted by Gasteiger charge is 2.80. The van der Waals surface area contributed by atoms with E-state index in [1.165, 1.54) is 24.3 Å². The van der Waals surface area contributed by atoms with Crippen molar-refractivity contribution >= 4 is 33.5 Å². The Morgan fingerprint density at radius 2 is 1.32 bits per heavy atom. The van der Waals surface area contributed by atoms with Crippen LogP contribution in [0.1, 0.15) is 61.3 Å². The Bertz CT molecular complexity index is 1510. The average molecular weight is 535 g/mol. The number of benzene rings is 2. The number of hydrogen-bond acceptors (Lipinski definition) is 2. The zero-order valence-corrected chi connectivity index (χ0v) is 21.3. The fourth-order valence-corrected chi connectivity index (χ4v) is 6.09. The first-order valence-corrected chi connectivity index (χ1v) is 12.7. The summed E-state index contributed by atoms with van der Waals surface area (Å²) in [4.78, 5) is 0.861. The summed E-state index contributed by atoms with van der Waals surface area (Å²) in [5, 5.41) is 0.0940. The molecule has 0 fully saturated rings. The Labute approximate surface area is 214 Å². The first-order valence-electron chi connectivity index (χ1n) is 11.9. The van der Waals surface area contributed by atoms with E-state index in [1.807, 2.05) is 0 Å². The summed E-state index contributed by atoms with van der Waals surface area (Å²) in [6.07, 6.45) is 0. The van der Waals surface area contributed by atoms with Crippen LogP contribution in [0.3, 0.4) is 0 Å². The third-order valence-electron chi connectivity index (χ3n) is 6.68. The number of fused-ring (bicyclic) bond motifs is 1. The molecular weight excluding hydrogens is 510 g/mol. The van der Waals surface area contributed by atoms with Crippen LogP contribution in [0.15, 0.2) is 65.1 Å². The summed E-state index contributed by atoms with van der Waals surface area (Å²) in [5.41, 5.74) is -2.52. The van der Waals surface area contributed by atoms with Gasteiger partial charge in [0.05, 0.1) is 0 Å². The lowest BCUT2D eigenvalue weighted by atomic mass is 9.89. The second-order valence-corrected chi connectivity index (χ2v) is 11.0. The molecule has 2 heterocycles. The molecule has 0 saturated carbocycles. The Balaban J connectivity index is 1.94. The first-order chi connectivity index (χ1) is 17.3. The summed E-state index contributed by atoms with van der Waals surface area (Å²) in [6, 6.07) is 16.2. The number of hydrogen-bond donors (Lipinski definition) is 0. The minimum absolute atomic E-state index is 0.0357. The predicted molar refractivity (Wildman–Crippen MR) is 136 cm³/mol. The van der Waals surface area contributed by atoms with Gasteiger partial charge in [-0.15, -0.1) is 11.3 Å². The van der Waals surface area contributed by atoms with Crippen LogP contribution in [-0.4, -0.2) is 17.8 Å². The van der Waals surface area contributed by atoms with E-state index in [0.717, 1.165) is 11.3 Å². The van der Waals surface area contributed by atoms with Gasteiger partial charge in [0.15, 0.2) is 0 Å². The second kappa shape index (κ2) is 8.51. The van der Waals surface area contributed by atoms with E-state index in [4.69, 9.17) is 4.42 Å². The molecule has 2 aromatic carbocycles. The molecule has 0 radical (unpaired) electrons. The minimum atomic E-state index is -5.64. The minimum Gasteiger partial charge on any atom is -0.460 e. The van der Waals surface area contributed by atoms with Gasteiger partial charge in [0.1, 0.15) is 11.3 Å². The molecule has 37 heavy (non-hydrogen) atoms. The van der Waals surface area contributed by atoms with Gasteiger partial charge in [-0.05, 0) is 29.2 Å². The molecule has 0 aliphatic heterocycles. The van der Waals surface area contributed by atoms with Crippen LogP contribution in [0.5, 0.6) is 0 Å². The SMILES string of the molecule is CC(C)c1oc2ccccc2c1C1=C(c2cc(-c3ccccc3)sc2C(C)C)C(F)(F)C(F)(F)C1(F)F. The third kappa shape index (κ3) is 3.59. The van der Waals surface area contributed by atoms with Gasteiger partial charge in [-0.3, -0.25) is 0 Å². The van der Waals surface area contributed by atoms with Crippen LogP contribution in [0, 0.1) is 0 Å². The number of alkyl halides is 6. The van der Waals surface area contributed by atoms with E-state index >= 15 is 26.3 Å². The maximum absolute atomic E-state index is 15.7. The topological polar surface area (TPSA) is 13.1 Å². The van der Waals surface area contributed by atoms with Crippen LogP contribution in [0.2, 0.25) is 0 Å². The zero-order chi connectivity index (χ0) is 26.9. The van der Waals surface area contributed by atoms with Crippen molar-refractivity contribution in [2.24, 2.45) is 0 Å². The van der Waals surface area contributed by atoms with Gasteiger partial charge in [0.2, 0.25) is 0 Å². The monoisotopic (exact) mass is 534 g/mol. The highest BCUT2D eigenvalue weighted by atomic mass is 32.1. The lowest BCUT2D eigenvalue weighted by Crippen LogP contribution is -2.49. The summed E-state index contributed by atoms with van der Waals surface area (Å²) in [6.45, 7) is 6.73. The van der Waals surface area contributed by atoms with E-state index in [1.54, 1.807) is 64.1 Å². The molecule has 1 aliphatic carbocycles. The highest BCUT2D eigenvalue weighted by Crippen LogP contribution is 2.66. The molecule has 0 unspecified atom stereocenters. The van der Waals surface area contributed by atoms with E-state index in [2.05, 4.69) is 0 Å². The molecule has 0 N–H and O–H groups in total. The molecule has 5 rings (SSSR count). The number of thiophene rings is 1. The van der Waals surface area contributed by atoms with E-state index < -0.39 is 34.8 Å². The van der Waals surface area contributed by atoms with Crippen molar-refractivity contribution in [3.63, 3.8) is 0 Å². The van der Waals surface area contributed by atoms with E-state index in [0.29, 0.717) is 15.3 Å².